The number of halogens is 4. The molecule has 0 unspecified atom stereocenters. The molecule has 0 aliphatic carbocycles. The molecule has 2 aromatic rings. The van der Waals surface area contributed by atoms with Crippen LogP contribution in [0.3, 0.4) is 0 Å². The number of alkyl halides is 3. The summed E-state index contributed by atoms with van der Waals surface area (Å²) in [7, 11) is 0. The molecule has 1 aromatic carbocycles. The average Bonchev–Trinajstić information content (AvgIpc) is 2.65. The molecule has 0 saturated carbocycles. The van der Waals surface area contributed by atoms with Gasteiger partial charge in [-0.1, -0.05) is 11.3 Å². The van der Waals surface area contributed by atoms with Crippen LogP contribution in [0.4, 0.5) is 22.7 Å². The minimum absolute atomic E-state index is 0.00616. The van der Waals surface area contributed by atoms with Crippen LogP contribution in [-0.2, 0) is 0 Å². The molecule has 0 saturated heterocycles. The van der Waals surface area contributed by atoms with Crippen LogP contribution >= 0.6 is 11.3 Å². The Morgan fingerprint density at radius 1 is 1.28 bits per heavy atom. The van der Waals surface area contributed by atoms with Gasteiger partial charge >= 0.3 is 6.18 Å². The first-order valence-electron chi connectivity index (χ1n) is 5.31. The van der Waals surface area contributed by atoms with Crippen molar-refractivity contribution in [2.24, 2.45) is 0 Å². The summed E-state index contributed by atoms with van der Waals surface area (Å²) < 4.78 is 49.3. The predicted molar refractivity (Wildman–Crippen MR) is 63.4 cm³/mol. The van der Waals surface area contributed by atoms with Gasteiger partial charge in [-0.05, 0) is 24.6 Å². The van der Waals surface area contributed by atoms with Crippen LogP contribution in [0, 0.1) is 5.82 Å². The van der Waals surface area contributed by atoms with E-state index in [9.17, 15) is 17.6 Å². The minimum atomic E-state index is -4.13. The lowest BCUT2D eigenvalue weighted by molar-refractivity contribution is -0.134. The number of anilines is 1. The predicted octanol–water partition coefficient (Wildman–Crippen LogP) is 4.19. The van der Waals surface area contributed by atoms with Crippen molar-refractivity contribution in [2.75, 3.05) is 11.9 Å². The molecule has 1 aromatic heterocycles. The van der Waals surface area contributed by atoms with E-state index < -0.39 is 12.6 Å². The first kappa shape index (κ1) is 13.1. The summed E-state index contributed by atoms with van der Waals surface area (Å²) in [5, 5.41) is 3.32. The molecule has 2 rings (SSSR count). The maximum absolute atomic E-state index is 12.9. The fraction of sp³-hybridized carbons (Fsp3) is 0.364. The van der Waals surface area contributed by atoms with Crippen molar-refractivity contribution in [1.82, 2.24) is 4.98 Å². The lowest BCUT2D eigenvalue weighted by atomic mass is 10.3. The lowest BCUT2D eigenvalue weighted by Gasteiger charge is -2.05. The third kappa shape index (κ3) is 3.56. The highest BCUT2D eigenvalue weighted by molar-refractivity contribution is 7.22. The van der Waals surface area contributed by atoms with Gasteiger partial charge in [0.1, 0.15) is 5.82 Å². The molecule has 18 heavy (non-hydrogen) atoms. The Hall–Kier alpha value is -1.37. The number of hydrogen-bond acceptors (Lipinski definition) is 3. The van der Waals surface area contributed by atoms with E-state index in [-0.39, 0.29) is 18.8 Å². The van der Waals surface area contributed by atoms with Gasteiger partial charge in [-0.25, -0.2) is 9.37 Å². The summed E-state index contributed by atoms with van der Waals surface area (Å²) >= 11 is 1.23. The highest BCUT2D eigenvalue weighted by atomic mass is 32.1. The molecule has 2 nitrogen and oxygen atoms in total. The quantitative estimate of drug-likeness (QED) is 0.670. The Morgan fingerprint density at radius 2 is 2.06 bits per heavy atom. The molecular weight excluding hydrogens is 268 g/mol. The summed E-state index contributed by atoms with van der Waals surface area (Å²) in [4.78, 5) is 4.15. The number of fused-ring (bicyclic) bond motifs is 1. The third-order valence-electron chi connectivity index (χ3n) is 2.26. The van der Waals surface area contributed by atoms with E-state index in [1.54, 1.807) is 6.07 Å². The molecule has 0 spiro atoms. The van der Waals surface area contributed by atoms with Gasteiger partial charge in [0.15, 0.2) is 5.13 Å². The van der Waals surface area contributed by atoms with Gasteiger partial charge in [0, 0.05) is 13.0 Å². The fourth-order valence-corrected chi connectivity index (χ4v) is 2.37. The van der Waals surface area contributed by atoms with E-state index >= 15 is 0 Å². The summed E-state index contributed by atoms with van der Waals surface area (Å²) in [5.41, 5.74) is 0.639. The monoisotopic (exact) mass is 278 g/mol. The van der Waals surface area contributed by atoms with Gasteiger partial charge in [0.05, 0.1) is 10.2 Å². The second-order valence-corrected chi connectivity index (χ2v) is 4.81. The Labute approximate surface area is 105 Å². The molecule has 0 bridgehead atoms. The summed E-state index contributed by atoms with van der Waals surface area (Å²) in [6.45, 7) is 0.196. The minimum Gasteiger partial charge on any atom is -0.361 e. The number of thiazole rings is 1. The van der Waals surface area contributed by atoms with Crippen LogP contribution in [0.15, 0.2) is 18.2 Å². The number of nitrogens with zero attached hydrogens (tertiary/aromatic N) is 1. The third-order valence-corrected chi connectivity index (χ3v) is 3.24. The van der Waals surface area contributed by atoms with Crippen molar-refractivity contribution >= 4 is 26.7 Å². The van der Waals surface area contributed by atoms with E-state index in [4.69, 9.17) is 0 Å². The van der Waals surface area contributed by atoms with E-state index in [2.05, 4.69) is 10.3 Å². The largest absolute Gasteiger partial charge is 0.389 e. The average molecular weight is 278 g/mol. The highest BCUT2D eigenvalue weighted by Crippen LogP contribution is 2.27. The zero-order chi connectivity index (χ0) is 13.2. The molecule has 0 radical (unpaired) electrons. The Kier molecular flexibility index (Phi) is 3.70. The maximum Gasteiger partial charge on any atom is 0.389 e. The number of aromatic nitrogens is 1. The van der Waals surface area contributed by atoms with E-state index in [0.717, 1.165) is 0 Å². The summed E-state index contributed by atoms with van der Waals surface area (Å²) in [6, 6.07) is 4.20. The number of rotatable bonds is 4. The van der Waals surface area contributed by atoms with E-state index in [0.29, 0.717) is 15.3 Å². The van der Waals surface area contributed by atoms with Crippen molar-refractivity contribution in [3.8, 4) is 0 Å². The molecule has 1 N–H and O–H groups in total. The smallest absolute Gasteiger partial charge is 0.361 e. The number of benzene rings is 1. The van der Waals surface area contributed by atoms with Crippen molar-refractivity contribution in [3.63, 3.8) is 0 Å². The standard InChI is InChI=1S/C11H10F4N2S/c12-7-2-3-8-9(6-7)18-10(17-8)16-5-1-4-11(13,14)15/h2-3,6H,1,4-5H2,(H,16,17). The summed E-state index contributed by atoms with van der Waals surface area (Å²) in [5.74, 6) is -0.352. The van der Waals surface area contributed by atoms with Crippen LogP contribution in [-0.4, -0.2) is 17.7 Å². The van der Waals surface area contributed by atoms with Gasteiger partial charge in [0.2, 0.25) is 0 Å². The van der Waals surface area contributed by atoms with Gasteiger partial charge in [0.25, 0.3) is 0 Å². The number of nitrogens with one attached hydrogen (secondary N) is 1. The van der Waals surface area contributed by atoms with Gasteiger partial charge < -0.3 is 5.32 Å². The molecule has 0 amide bonds. The van der Waals surface area contributed by atoms with Crippen LogP contribution in [0.1, 0.15) is 12.8 Å². The summed E-state index contributed by atoms with van der Waals surface area (Å²) in [6.07, 6.45) is -4.95. The molecule has 0 atom stereocenters. The highest BCUT2D eigenvalue weighted by Gasteiger charge is 2.25. The van der Waals surface area contributed by atoms with Crippen molar-refractivity contribution in [2.45, 2.75) is 19.0 Å². The molecular formula is C11H10F4N2S. The van der Waals surface area contributed by atoms with Crippen LogP contribution in [0.25, 0.3) is 10.2 Å². The van der Waals surface area contributed by atoms with E-state index in [1.165, 1.54) is 23.5 Å². The second kappa shape index (κ2) is 5.09. The fourth-order valence-electron chi connectivity index (χ4n) is 1.46. The Bertz CT molecular complexity index is 535. The van der Waals surface area contributed by atoms with Crippen LogP contribution < -0.4 is 5.32 Å². The van der Waals surface area contributed by atoms with Crippen molar-refractivity contribution < 1.29 is 17.6 Å². The first-order chi connectivity index (χ1) is 8.44. The maximum atomic E-state index is 12.9. The molecule has 0 aliphatic heterocycles. The topological polar surface area (TPSA) is 24.9 Å². The van der Waals surface area contributed by atoms with Crippen LogP contribution in [0.2, 0.25) is 0 Å². The van der Waals surface area contributed by atoms with E-state index in [1.807, 2.05) is 0 Å². The molecule has 1 heterocycles. The molecule has 0 aliphatic rings. The molecule has 7 heteroatoms. The second-order valence-electron chi connectivity index (χ2n) is 3.78. The van der Waals surface area contributed by atoms with Gasteiger partial charge in [-0.15, -0.1) is 0 Å². The lowest BCUT2D eigenvalue weighted by Crippen LogP contribution is -2.10. The van der Waals surface area contributed by atoms with Gasteiger partial charge in [-0.3, -0.25) is 0 Å². The molecule has 0 fully saturated rings. The van der Waals surface area contributed by atoms with Crippen molar-refractivity contribution in [1.29, 1.82) is 0 Å². The normalized spacial score (nSPS) is 12.0. The van der Waals surface area contributed by atoms with Crippen molar-refractivity contribution in [3.05, 3.63) is 24.0 Å². The Balaban J connectivity index is 1.92. The molecule has 98 valence electrons. The Morgan fingerprint density at radius 3 is 2.78 bits per heavy atom. The zero-order valence-electron chi connectivity index (χ0n) is 9.22. The first-order valence-corrected chi connectivity index (χ1v) is 6.12. The van der Waals surface area contributed by atoms with Gasteiger partial charge in [-0.2, -0.15) is 13.2 Å². The van der Waals surface area contributed by atoms with Crippen LogP contribution in [0.5, 0.6) is 0 Å². The number of hydrogen-bond donors (Lipinski definition) is 1. The zero-order valence-corrected chi connectivity index (χ0v) is 10.0. The SMILES string of the molecule is Fc1ccc2nc(NCCCC(F)(F)F)sc2c1.